The zero-order valence-corrected chi connectivity index (χ0v) is 7.89. The van der Waals surface area contributed by atoms with E-state index < -0.39 is 15.3 Å². The normalized spacial score (nSPS) is 5.14. The second kappa shape index (κ2) is 22.5. The average molecular weight is 310 g/mol. The van der Waals surface area contributed by atoms with Crippen LogP contribution < -0.4 is 6.15 Å². The Balaban J connectivity index is -0.0000000270. The van der Waals surface area contributed by atoms with Gasteiger partial charge in [0.05, 0.1) is 15.3 Å². The maximum Gasteiger partial charge on any atom is 2.00 e. The molecule has 0 rings (SSSR count). The van der Waals surface area contributed by atoms with Crippen LogP contribution in [0.15, 0.2) is 0 Å². The van der Waals surface area contributed by atoms with E-state index in [-0.39, 0.29) is 26.6 Å². The van der Waals surface area contributed by atoms with Gasteiger partial charge >= 0.3 is 20.4 Å². The fraction of sp³-hybridized carbons (Fsp3) is 0. The van der Waals surface area contributed by atoms with Crippen molar-refractivity contribution in [3.8, 4) is 0 Å². The van der Waals surface area contributed by atoms with Crippen LogP contribution in [0.4, 0.5) is 0 Å². The quantitative estimate of drug-likeness (QED) is 0.349. The number of quaternary nitrogens is 1. The summed E-state index contributed by atoms with van der Waals surface area (Å²) in [6.45, 7) is 0. The van der Waals surface area contributed by atoms with Crippen molar-refractivity contribution < 1.29 is 35.7 Å². The van der Waals surface area contributed by atoms with Crippen LogP contribution in [0.1, 0.15) is 0 Å². The third kappa shape index (κ3) is 275. The van der Waals surface area contributed by atoms with Crippen molar-refractivity contribution in [2.24, 2.45) is 0 Å². The van der Waals surface area contributed by atoms with Crippen molar-refractivity contribution in [2.45, 2.75) is 0 Å². The Morgan fingerprint density at radius 3 is 0.571 bits per heavy atom. The monoisotopic (exact) mass is 310 g/mol. The average Bonchev–Trinajstić information content (AvgIpc) is 1.54. The summed E-state index contributed by atoms with van der Waals surface area (Å²) in [6.07, 6.45) is 0. The Bertz CT molecular complexity index is 114. The van der Waals surface area contributed by atoms with E-state index in [2.05, 4.69) is 0 Å². The van der Waals surface area contributed by atoms with Crippen LogP contribution in [0, 0.1) is 46.0 Å². The predicted octanol–water partition coefficient (Wildman–Crippen LogP) is -0.344. The molecule has 0 atom stereocenters. The third-order valence-electron chi connectivity index (χ3n) is 0. The molecule has 0 unspecified atom stereocenters. The van der Waals surface area contributed by atoms with Gasteiger partial charge in [-0.3, -0.25) is 0 Å². The summed E-state index contributed by atoms with van der Waals surface area (Å²) in [4.78, 5) is 24.8. The first kappa shape index (κ1) is 29.5. The fourth-order valence-electron chi connectivity index (χ4n) is 0. The maximum absolute atomic E-state index is 8.25. The Morgan fingerprint density at radius 2 is 0.571 bits per heavy atom. The number of nitrogens with zero attached hydrogens (tertiary/aromatic N) is 3. The zero-order chi connectivity index (χ0) is 10.7. The number of hydrogen-bond donors (Lipinski definition) is 1. The molecule has 0 heterocycles. The molecule has 0 saturated heterocycles. The Labute approximate surface area is 88.5 Å². The molecule has 0 amide bonds. The first-order chi connectivity index (χ1) is 5.20. The van der Waals surface area contributed by atoms with E-state index in [4.69, 9.17) is 46.0 Å². The van der Waals surface area contributed by atoms with Crippen molar-refractivity contribution in [2.75, 3.05) is 0 Å². The van der Waals surface area contributed by atoms with Gasteiger partial charge in [-0.05, 0) is 0 Å². The molecule has 88 valence electrons. The van der Waals surface area contributed by atoms with Crippen molar-refractivity contribution in [1.29, 1.82) is 0 Å². The van der Waals surface area contributed by atoms with Gasteiger partial charge in [0.15, 0.2) is 0 Å². The molecule has 0 aromatic rings. The first-order valence-corrected chi connectivity index (χ1v) is 1.64. The second-order valence-corrected chi connectivity index (χ2v) is 0.671. The Hall–Kier alpha value is -1.78. The predicted molar refractivity (Wildman–Crippen MR) is 37.1 cm³/mol. The molecule has 14 heavy (non-hydrogen) atoms. The summed E-state index contributed by atoms with van der Waals surface area (Å²) in [5.41, 5.74) is 0. The molecule has 0 aliphatic rings. The third-order valence-corrected chi connectivity index (χ3v) is 0. The van der Waals surface area contributed by atoms with Crippen molar-refractivity contribution >= 4 is 0 Å². The summed E-state index contributed by atoms with van der Waals surface area (Å²) in [6, 6.07) is 0. The van der Waals surface area contributed by atoms with Crippen molar-refractivity contribution in [3.63, 3.8) is 0 Å². The standard InChI is InChI=1S/3NO3.H3N.Pd/c3*2-1(3)4;;/h;;;1H3;/q3*-1;;+2/p+1. The van der Waals surface area contributed by atoms with E-state index in [0.717, 1.165) is 0 Å². The van der Waals surface area contributed by atoms with Crippen LogP contribution in [-0.2, 0) is 20.4 Å². The molecule has 0 aromatic carbocycles. The molecule has 0 aliphatic heterocycles. The largest absolute Gasteiger partial charge is 2.00 e. The summed E-state index contributed by atoms with van der Waals surface area (Å²) in [5.74, 6) is 0. The molecule has 0 aliphatic carbocycles. The number of rotatable bonds is 0. The van der Waals surface area contributed by atoms with Gasteiger partial charge < -0.3 is 52.1 Å². The van der Waals surface area contributed by atoms with E-state index in [1.165, 1.54) is 0 Å². The molecule has 0 aromatic heterocycles. The first-order valence-electron chi connectivity index (χ1n) is 1.64. The van der Waals surface area contributed by atoms with Gasteiger partial charge in [-0.15, -0.1) is 0 Å². The molecule has 14 heteroatoms. The molecular formula is H4N4O9Pd. The van der Waals surface area contributed by atoms with Crippen LogP contribution in [0.25, 0.3) is 0 Å². The van der Waals surface area contributed by atoms with Gasteiger partial charge in [-0.2, -0.15) is 0 Å². The summed E-state index contributed by atoms with van der Waals surface area (Å²) in [7, 11) is 0. The van der Waals surface area contributed by atoms with Crippen LogP contribution in [0.5, 0.6) is 0 Å². The minimum absolute atomic E-state index is 0. The molecule has 0 spiro atoms. The van der Waals surface area contributed by atoms with E-state index in [1.54, 1.807) is 0 Å². The zero-order valence-electron chi connectivity index (χ0n) is 6.33. The van der Waals surface area contributed by atoms with Gasteiger partial charge in [0.25, 0.3) is 0 Å². The van der Waals surface area contributed by atoms with Crippen LogP contribution in [0.2, 0.25) is 0 Å². The second-order valence-electron chi connectivity index (χ2n) is 0.671. The molecule has 4 N–H and O–H groups in total. The van der Waals surface area contributed by atoms with E-state index in [0.29, 0.717) is 0 Å². The minimum Gasteiger partial charge on any atom is -0.369 e. The summed E-state index contributed by atoms with van der Waals surface area (Å²) in [5, 5.41) is 44.2. The molecule has 0 fully saturated rings. The maximum atomic E-state index is 8.25. The smallest absolute Gasteiger partial charge is 0.369 e. The van der Waals surface area contributed by atoms with Crippen molar-refractivity contribution in [1.82, 2.24) is 6.15 Å². The van der Waals surface area contributed by atoms with Gasteiger partial charge in [-0.25, -0.2) is 0 Å². The SMILES string of the molecule is O=[N+]([O-])[O-].O=[N+]([O-])[O-].O=[N+]([O-])[O-].[NH4+].[Pd+2]. The Kier molecular flexibility index (Phi) is 47.4. The van der Waals surface area contributed by atoms with Gasteiger partial charge in [0, 0.05) is 0 Å². The van der Waals surface area contributed by atoms with Gasteiger partial charge in [0.1, 0.15) is 0 Å². The van der Waals surface area contributed by atoms with E-state index >= 15 is 0 Å². The summed E-state index contributed by atoms with van der Waals surface area (Å²) < 4.78 is 0. The number of hydrogen-bond acceptors (Lipinski definition) is 9. The molecule has 0 radical (unpaired) electrons. The minimum atomic E-state index is -1.75. The molecular weight excluding hydrogens is 306 g/mol. The van der Waals surface area contributed by atoms with Crippen LogP contribution in [-0.4, -0.2) is 15.3 Å². The van der Waals surface area contributed by atoms with Crippen LogP contribution >= 0.6 is 0 Å². The van der Waals surface area contributed by atoms with Gasteiger partial charge in [0.2, 0.25) is 0 Å². The van der Waals surface area contributed by atoms with E-state index in [9.17, 15) is 0 Å². The topological polar surface area (TPSA) is 235 Å². The van der Waals surface area contributed by atoms with Crippen LogP contribution in [0.3, 0.4) is 0 Å². The van der Waals surface area contributed by atoms with Crippen molar-refractivity contribution in [3.05, 3.63) is 46.0 Å². The van der Waals surface area contributed by atoms with E-state index in [1.807, 2.05) is 0 Å². The summed E-state index contributed by atoms with van der Waals surface area (Å²) >= 11 is 0. The Morgan fingerprint density at radius 1 is 0.571 bits per heavy atom. The molecule has 0 bridgehead atoms. The molecule has 0 saturated carbocycles. The molecule has 13 nitrogen and oxygen atoms in total. The fourth-order valence-corrected chi connectivity index (χ4v) is 0. The van der Waals surface area contributed by atoms with Gasteiger partial charge in [-0.1, -0.05) is 0 Å².